The van der Waals surface area contributed by atoms with Gasteiger partial charge in [-0.15, -0.1) is 0 Å². The monoisotopic (exact) mass is 385 g/mol. The Hall–Kier alpha value is -2.53. The fourth-order valence-corrected chi connectivity index (χ4v) is 3.18. The van der Waals surface area contributed by atoms with E-state index in [2.05, 4.69) is 38.1 Å². The molecule has 0 saturated heterocycles. The zero-order valence-electron chi connectivity index (χ0n) is 17.5. The maximum absolute atomic E-state index is 10.8. The van der Waals surface area contributed by atoms with Gasteiger partial charge >= 0.3 is 5.97 Å². The van der Waals surface area contributed by atoms with Crippen molar-refractivity contribution >= 4 is 5.97 Å². The van der Waals surface area contributed by atoms with E-state index in [0.717, 1.165) is 34.6 Å². The van der Waals surface area contributed by atoms with Gasteiger partial charge in [-0.2, -0.15) is 0 Å². The molecule has 2 rings (SSSR count). The van der Waals surface area contributed by atoms with E-state index in [1.54, 1.807) is 19.1 Å². The Morgan fingerprint density at radius 3 is 2.32 bits per heavy atom. The number of benzene rings is 2. The van der Waals surface area contributed by atoms with E-state index in [1.807, 2.05) is 19.1 Å². The second-order valence-electron chi connectivity index (χ2n) is 7.58. The third kappa shape index (κ3) is 6.27. The molecule has 0 bridgehead atoms. The van der Waals surface area contributed by atoms with Crippen molar-refractivity contribution < 1.29 is 19.4 Å². The second kappa shape index (κ2) is 10.1. The zero-order valence-corrected chi connectivity index (χ0v) is 17.5. The standard InChI is InChI=1S/C23H31NO4/c1-16(2)12-20-14-19(18-6-8-21(27-5)17(3)13-18)7-9-22(20)28-11-10-24(4)15-23(25)26/h6-9,13-14,16H,10-12,15H2,1-5H3,(H,25,26). The van der Waals surface area contributed by atoms with Gasteiger partial charge in [0.25, 0.3) is 0 Å². The van der Waals surface area contributed by atoms with Crippen molar-refractivity contribution in [3.63, 3.8) is 0 Å². The lowest BCUT2D eigenvalue weighted by Crippen LogP contribution is -2.29. The van der Waals surface area contributed by atoms with Gasteiger partial charge in [-0.05, 0) is 72.8 Å². The van der Waals surface area contributed by atoms with Crippen molar-refractivity contribution in [1.29, 1.82) is 0 Å². The summed E-state index contributed by atoms with van der Waals surface area (Å²) in [5.74, 6) is 1.43. The van der Waals surface area contributed by atoms with Crippen LogP contribution >= 0.6 is 0 Å². The molecule has 0 saturated carbocycles. The minimum Gasteiger partial charge on any atom is -0.496 e. The summed E-state index contributed by atoms with van der Waals surface area (Å²) in [6, 6.07) is 12.5. The molecule has 0 aliphatic heterocycles. The maximum atomic E-state index is 10.8. The van der Waals surface area contributed by atoms with Gasteiger partial charge in [0.1, 0.15) is 18.1 Å². The topological polar surface area (TPSA) is 59.0 Å². The lowest BCUT2D eigenvalue weighted by Gasteiger charge is -2.18. The summed E-state index contributed by atoms with van der Waals surface area (Å²) in [4.78, 5) is 12.5. The fourth-order valence-electron chi connectivity index (χ4n) is 3.18. The average Bonchev–Trinajstić information content (AvgIpc) is 2.61. The van der Waals surface area contributed by atoms with Crippen LogP contribution in [0.25, 0.3) is 11.1 Å². The molecule has 1 N–H and O–H groups in total. The van der Waals surface area contributed by atoms with Crippen molar-refractivity contribution in [2.45, 2.75) is 27.2 Å². The largest absolute Gasteiger partial charge is 0.496 e. The van der Waals surface area contributed by atoms with Gasteiger partial charge in [-0.25, -0.2) is 0 Å². The SMILES string of the molecule is COc1ccc(-c2ccc(OCCN(C)CC(=O)O)c(CC(C)C)c2)cc1C. The van der Waals surface area contributed by atoms with Gasteiger partial charge < -0.3 is 14.6 Å². The molecule has 2 aromatic rings. The Morgan fingerprint density at radius 2 is 1.75 bits per heavy atom. The highest BCUT2D eigenvalue weighted by Gasteiger charge is 2.11. The van der Waals surface area contributed by atoms with E-state index in [1.165, 1.54) is 5.56 Å². The Balaban J connectivity index is 2.18. The molecular formula is C23H31NO4. The van der Waals surface area contributed by atoms with Gasteiger partial charge in [0.05, 0.1) is 13.7 Å². The van der Waals surface area contributed by atoms with Crippen molar-refractivity contribution in [2.24, 2.45) is 5.92 Å². The molecule has 0 aliphatic rings. The van der Waals surface area contributed by atoms with Crippen LogP contribution in [0.5, 0.6) is 11.5 Å². The molecule has 0 aliphatic carbocycles. The summed E-state index contributed by atoms with van der Waals surface area (Å²) in [7, 11) is 3.46. The van der Waals surface area contributed by atoms with Crippen molar-refractivity contribution in [2.75, 3.05) is 33.9 Å². The third-order valence-electron chi connectivity index (χ3n) is 4.55. The highest BCUT2D eigenvalue weighted by molar-refractivity contribution is 5.69. The van der Waals surface area contributed by atoms with Crippen LogP contribution in [0, 0.1) is 12.8 Å². The molecule has 0 atom stereocenters. The van der Waals surface area contributed by atoms with Crippen molar-refractivity contribution in [3.05, 3.63) is 47.5 Å². The van der Waals surface area contributed by atoms with E-state index in [-0.39, 0.29) is 6.54 Å². The smallest absolute Gasteiger partial charge is 0.317 e. The minimum absolute atomic E-state index is 0.0119. The van der Waals surface area contributed by atoms with E-state index in [9.17, 15) is 4.79 Å². The van der Waals surface area contributed by atoms with Gasteiger partial charge in [-0.3, -0.25) is 9.69 Å². The number of carboxylic acids is 1. The maximum Gasteiger partial charge on any atom is 0.317 e. The summed E-state index contributed by atoms with van der Waals surface area (Å²) >= 11 is 0. The lowest BCUT2D eigenvalue weighted by atomic mass is 9.96. The number of carbonyl (C=O) groups is 1. The number of ether oxygens (including phenoxy) is 2. The number of methoxy groups -OCH3 is 1. The molecule has 0 amide bonds. The van der Waals surface area contributed by atoms with E-state index < -0.39 is 5.97 Å². The Bertz CT molecular complexity index is 801. The first-order valence-electron chi connectivity index (χ1n) is 9.61. The first kappa shape index (κ1) is 21.8. The normalized spacial score (nSPS) is 11.1. The highest BCUT2D eigenvalue weighted by atomic mass is 16.5. The van der Waals surface area contributed by atoms with Crippen LogP contribution in [0.3, 0.4) is 0 Å². The van der Waals surface area contributed by atoms with Crippen LogP contribution in [0.15, 0.2) is 36.4 Å². The molecule has 152 valence electrons. The van der Waals surface area contributed by atoms with Crippen LogP contribution in [-0.2, 0) is 11.2 Å². The number of carboxylic acid groups (broad SMARTS) is 1. The first-order chi connectivity index (χ1) is 13.3. The molecular weight excluding hydrogens is 354 g/mol. The fraction of sp³-hybridized carbons (Fsp3) is 0.435. The van der Waals surface area contributed by atoms with Crippen LogP contribution in [0.1, 0.15) is 25.0 Å². The summed E-state index contributed by atoms with van der Waals surface area (Å²) in [5, 5.41) is 8.84. The molecule has 0 fully saturated rings. The summed E-state index contributed by atoms with van der Waals surface area (Å²) in [5.41, 5.74) is 4.57. The molecule has 5 nitrogen and oxygen atoms in total. The lowest BCUT2D eigenvalue weighted by molar-refractivity contribution is -0.138. The van der Waals surface area contributed by atoms with Crippen LogP contribution < -0.4 is 9.47 Å². The molecule has 28 heavy (non-hydrogen) atoms. The number of hydrogen-bond acceptors (Lipinski definition) is 4. The number of aliphatic carboxylic acids is 1. The van der Waals surface area contributed by atoms with E-state index in [0.29, 0.717) is 19.1 Å². The van der Waals surface area contributed by atoms with E-state index in [4.69, 9.17) is 14.6 Å². The van der Waals surface area contributed by atoms with Crippen LogP contribution in [-0.4, -0.2) is 49.8 Å². The van der Waals surface area contributed by atoms with Gasteiger partial charge in [-0.1, -0.05) is 26.0 Å². The van der Waals surface area contributed by atoms with Gasteiger partial charge in [0, 0.05) is 6.54 Å². The summed E-state index contributed by atoms with van der Waals surface area (Å²) in [6.45, 7) is 7.45. The number of aryl methyl sites for hydroxylation is 1. The molecule has 0 unspecified atom stereocenters. The summed E-state index contributed by atoms with van der Waals surface area (Å²) in [6.07, 6.45) is 0.920. The predicted octanol–water partition coefficient (Wildman–Crippen LogP) is 4.26. The quantitative estimate of drug-likeness (QED) is 0.662. The summed E-state index contributed by atoms with van der Waals surface area (Å²) < 4.78 is 11.3. The van der Waals surface area contributed by atoms with Gasteiger partial charge in [0.15, 0.2) is 0 Å². The number of hydrogen-bond donors (Lipinski definition) is 1. The van der Waals surface area contributed by atoms with Crippen molar-refractivity contribution in [1.82, 2.24) is 4.90 Å². The molecule has 0 radical (unpaired) electrons. The Morgan fingerprint density at radius 1 is 1.11 bits per heavy atom. The molecule has 5 heteroatoms. The molecule has 0 aromatic heterocycles. The predicted molar refractivity (Wildman–Crippen MR) is 112 cm³/mol. The molecule has 2 aromatic carbocycles. The Kier molecular flexibility index (Phi) is 7.88. The van der Waals surface area contributed by atoms with Crippen LogP contribution in [0.2, 0.25) is 0 Å². The number of nitrogens with zero attached hydrogens (tertiary/aromatic N) is 1. The van der Waals surface area contributed by atoms with Gasteiger partial charge in [0.2, 0.25) is 0 Å². The Labute approximate surface area is 167 Å². The highest BCUT2D eigenvalue weighted by Crippen LogP contribution is 2.31. The second-order valence-corrected chi connectivity index (χ2v) is 7.58. The van der Waals surface area contributed by atoms with Crippen molar-refractivity contribution in [3.8, 4) is 22.6 Å². The molecule has 0 heterocycles. The number of likely N-dealkylation sites (N-methyl/N-ethyl adjacent to an activating group) is 1. The molecule has 0 spiro atoms. The average molecular weight is 386 g/mol. The van der Waals surface area contributed by atoms with E-state index >= 15 is 0 Å². The number of rotatable bonds is 10. The third-order valence-corrected chi connectivity index (χ3v) is 4.55. The first-order valence-corrected chi connectivity index (χ1v) is 9.61. The zero-order chi connectivity index (χ0) is 20.7. The minimum atomic E-state index is -0.831. The van der Waals surface area contributed by atoms with Crippen LogP contribution in [0.4, 0.5) is 0 Å².